The summed E-state index contributed by atoms with van der Waals surface area (Å²) >= 11 is 0. The smallest absolute Gasteiger partial charge is 0.376 e. The van der Waals surface area contributed by atoms with E-state index in [0.717, 1.165) is 22.1 Å². The maximum absolute atomic E-state index is 12.1. The van der Waals surface area contributed by atoms with Crippen molar-refractivity contribution in [3.63, 3.8) is 0 Å². The van der Waals surface area contributed by atoms with Gasteiger partial charge in [-0.1, -0.05) is 12.1 Å². The van der Waals surface area contributed by atoms with E-state index in [4.69, 9.17) is 9.15 Å². The Kier molecular flexibility index (Phi) is 3.37. The second-order valence-corrected chi connectivity index (χ2v) is 5.20. The molecule has 0 atom stereocenters. The highest BCUT2D eigenvalue weighted by Crippen LogP contribution is 2.26. The number of carbonyl (C=O) groups excluding carboxylic acids is 1. The number of fused-ring (bicyclic) bond motifs is 1. The molecule has 0 radical (unpaired) electrons. The molecule has 0 aliphatic heterocycles. The molecule has 1 aromatic heterocycles. The normalized spacial score (nSPS) is 11.8. The summed E-state index contributed by atoms with van der Waals surface area (Å²) in [6.45, 7) is 7.51. The molecule has 1 aromatic carbocycles. The molecule has 0 aliphatic rings. The second-order valence-electron chi connectivity index (χ2n) is 5.20. The van der Waals surface area contributed by atoms with Crippen LogP contribution in [0, 0.1) is 13.8 Å². The van der Waals surface area contributed by atoms with Gasteiger partial charge in [0.2, 0.25) is 5.76 Å². The minimum absolute atomic E-state index is 0.232. The first-order valence-corrected chi connectivity index (χ1v) is 6.26. The van der Waals surface area contributed by atoms with Crippen LogP contribution in [0.2, 0.25) is 0 Å². The van der Waals surface area contributed by atoms with Gasteiger partial charge in [0, 0.05) is 5.39 Å². The average molecular weight is 261 g/mol. The summed E-state index contributed by atoms with van der Waals surface area (Å²) < 4.78 is 11.0. The molecule has 1 N–H and O–H groups in total. The molecule has 0 amide bonds. The maximum atomic E-state index is 12.1. The number of hydrogen-bond donors (Lipinski definition) is 1. The Morgan fingerprint density at radius 3 is 2.47 bits per heavy atom. The number of benzene rings is 1. The Hall–Kier alpha value is -1.81. The van der Waals surface area contributed by atoms with E-state index < -0.39 is 11.7 Å². The third-order valence-electron chi connectivity index (χ3n) is 3.25. The van der Waals surface area contributed by atoms with E-state index in [1.54, 1.807) is 27.0 Å². The molecule has 4 heteroatoms. The monoisotopic (exact) mass is 261 g/mol. The summed E-state index contributed by atoms with van der Waals surface area (Å²) in [7, 11) is 1.74. The van der Waals surface area contributed by atoms with Crippen molar-refractivity contribution in [2.24, 2.45) is 0 Å². The Labute approximate surface area is 112 Å². The first-order valence-electron chi connectivity index (χ1n) is 6.26. The van der Waals surface area contributed by atoms with Gasteiger partial charge in [-0.05, 0) is 51.9 Å². The Balaban J connectivity index is 2.39. The topological polar surface area (TPSA) is 51.5 Å². The number of nitrogens with one attached hydrogen (secondary N) is 1. The van der Waals surface area contributed by atoms with Crippen LogP contribution < -0.4 is 5.32 Å². The van der Waals surface area contributed by atoms with Crippen LogP contribution in [0.5, 0.6) is 0 Å². The summed E-state index contributed by atoms with van der Waals surface area (Å²) in [6.07, 6.45) is 0. The number of furan rings is 1. The molecular formula is C15H19NO3. The zero-order valence-corrected chi connectivity index (χ0v) is 12.0. The third kappa shape index (κ3) is 2.63. The fourth-order valence-electron chi connectivity index (χ4n) is 1.83. The van der Waals surface area contributed by atoms with Gasteiger partial charge in [-0.2, -0.15) is 0 Å². The molecule has 0 saturated heterocycles. The van der Waals surface area contributed by atoms with Gasteiger partial charge in [-0.15, -0.1) is 0 Å². The van der Waals surface area contributed by atoms with Gasteiger partial charge in [-0.25, -0.2) is 4.79 Å². The number of rotatable bonds is 3. The van der Waals surface area contributed by atoms with Crippen molar-refractivity contribution in [1.82, 2.24) is 5.32 Å². The van der Waals surface area contributed by atoms with Gasteiger partial charge >= 0.3 is 5.97 Å². The summed E-state index contributed by atoms with van der Waals surface area (Å²) in [5.74, 6) is -0.231. The fraction of sp³-hybridized carbons (Fsp3) is 0.400. The molecule has 1 heterocycles. The first-order chi connectivity index (χ1) is 8.84. The van der Waals surface area contributed by atoms with E-state index >= 15 is 0 Å². The van der Waals surface area contributed by atoms with Crippen LogP contribution in [0.25, 0.3) is 11.0 Å². The zero-order valence-electron chi connectivity index (χ0n) is 12.0. The quantitative estimate of drug-likeness (QED) is 0.681. The van der Waals surface area contributed by atoms with Crippen molar-refractivity contribution in [2.45, 2.75) is 33.4 Å². The Morgan fingerprint density at radius 2 is 1.89 bits per heavy atom. The lowest BCUT2D eigenvalue weighted by Gasteiger charge is -2.23. The number of hydrogen-bond acceptors (Lipinski definition) is 4. The van der Waals surface area contributed by atoms with Gasteiger partial charge in [0.1, 0.15) is 5.58 Å². The van der Waals surface area contributed by atoms with Gasteiger partial charge in [0.25, 0.3) is 0 Å². The predicted molar refractivity (Wildman–Crippen MR) is 74.2 cm³/mol. The lowest BCUT2D eigenvalue weighted by atomic mass is 10.1. The highest BCUT2D eigenvalue weighted by atomic mass is 16.6. The molecule has 0 fully saturated rings. The van der Waals surface area contributed by atoms with E-state index in [1.807, 2.05) is 26.0 Å². The van der Waals surface area contributed by atoms with E-state index in [-0.39, 0.29) is 5.76 Å². The standard InChI is InChI=1S/C15H19NO3/c1-9-6-7-10(2)13-11(9)8-12(18-13)14(17)19-15(3,4)16-5/h6-8,16H,1-5H3. The van der Waals surface area contributed by atoms with E-state index in [9.17, 15) is 4.79 Å². The van der Waals surface area contributed by atoms with Crippen LogP contribution in [0.4, 0.5) is 0 Å². The number of ether oxygens (including phenoxy) is 1. The first kappa shape index (κ1) is 13.6. The summed E-state index contributed by atoms with van der Waals surface area (Å²) in [6, 6.07) is 5.74. The van der Waals surface area contributed by atoms with Gasteiger partial charge < -0.3 is 9.15 Å². The SMILES string of the molecule is CNC(C)(C)OC(=O)c1cc2c(C)ccc(C)c2o1. The van der Waals surface area contributed by atoms with Crippen LogP contribution in [0.3, 0.4) is 0 Å². The highest BCUT2D eigenvalue weighted by Gasteiger charge is 2.24. The molecule has 2 rings (SSSR count). The molecule has 0 spiro atoms. The van der Waals surface area contributed by atoms with Gasteiger partial charge in [0.15, 0.2) is 5.72 Å². The van der Waals surface area contributed by atoms with E-state index in [2.05, 4.69) is 5.32 Å². The molecule has 102 valence electrons. The van der Waals surface area contributed by atoms with Crippen LogP contribution in [-0.2, 0) is 4.74 Å². The van der Waals surface area contributed by atoms with Crippen molar-refractivity contribution in [2.75, 3.05) is 7.05 Å². The van der Waals surface area contributed by atoms with E-state index in [0.29, 0.717) is 0 Å². The van der Waals surface area contributed by atoms with Crippen LogP contribution in [-0.4, -0.2) is 18.7 Å². The summed E-state index contributed by atoms with van der Waals surface area (Å²) in [5.41, 5.74) is 2.11. The van der Waals surface area contributed by atoms with Crippen molar-refractivity contribution in [3.8, 4) is 0 Å². The molecule has 0 unspecified atom stereocenters. The average Bonchev–Trinajstić information content (AvgIpc) is 2.80. The minimum atomic E-state index is -0.722. The van der Waals surface area contributed by atoms with Crippen LogP contribution in [0.15, 0.2) is 22.6 Å². The van der Waals surface area contributed by atoms with E-state index in [1.165, 1.54) is 0 Å². The fourth-order valence-corrected chi connectivity index (χ4v) is 1.83. The molecule has 0 aliphatic carbocycles. The maximum Gasteiger partial charge on any atom is 0.376 e. The molecule has 2 aromatic rings. The van der Waals surface area contributed by atoms with Gasteiger partial charge in [-0.3, -0.25) is 5.32 Å². The molecule has 19 heavy (non-hydrogen) atoms. The largest absolute Gasteiger partial charge is 0.449 e. The zero-order chi connectivity index (χ0) is 14.2. The van der Waals surface area contributed by atoms with Crippen molar-refractivity contribution in [3.05, 3.63) is 35.1 Å². The molecule has 0 saturated carbocycles. The number of aryl methyl sites for hydroxylation is 2. The predicted octanol–water partition coefficient (Wildman–Crippen LogP) is 3.16. The van der Waals surface area contributed by atoms with Crippen molar-refractivity contribution < 1.29 is 13.9 Å². The minimum Gasteiger partial charge on any atom is -0.449 e. The lowest BCUT2D eigenvalue weighted by molar-refractivity contribution is -0.0160. The summed E-state index contributed by atoms with van der Waals surface area (Å²) in [4.78, 5) is 12.1. The molecule has 4 nitrogen and oxygen atoms in total. The lowest BCUT2D eigenvalue weighted by Crippen LogP contribution is -2.40. The Morgan fingerprint density at radius 1 is 1.26 bits per heavy atom. The molecular weight excluding hydrogens is 242 g/mol. The number of esters is 1. The summed E-state index contributed by atoms with van der Waals surface area (Å²) in [5, 5.41) is 3.87. The Bertz CT molecular complexity index is 587. The van der Waals surface area contributed by atoms with Crippen molar-refractivity contribution >= 4 is 16.9 Å². The van der Waals surface area contributed by atoms with Crippen LogP contribution in [0.1, 0.15) is 35.5 Å². The van der Waals surface area contributed by atoms with Crippen LogP contribution >= 0.6 is 0 Å². The third-order valence-corrected chi connectivity index (χ3v) is 3.25. The second kappa shape index (κ2) is 4.70. The highest BCUT2D eigenvalue weighted by molar-refractivity contribution is 5.94. The van der Waals surface area contributed by atoms with Crippen molar-refractivity contribution in [1.29, 1.82) is 0 Å². The van der Waals surface area contributed by atoms with Gasteiger partial charge in [0.05, 0.1) is 0 Å². The number of carbonyl (C=O) groups is 1. The molecule has 0 bridgehead atoms.